The van der Waals surface area contributed by atoms with E-state index in [4.69, 9.17) is 5.11 Å². The van der Waals surface area contributed by atoms with Gasteiger partial charge in [-0.2, -0.15) is 11.8 Å². The van der Waals surface area contributed by atoms with E-state index in [-0.39, 0.29) is 0 Å². The highest BCUT2D eigenvalue weighted by atomic mass is 32.2. The van der Waals surface area contributed by atoms with Crippen LogP contribution in [0.3, 0.4) is 0 Å². The SMILES string of the molecule is CSCCCC(Nc1ccc(C)cc1)C(=O)O. The van der Waals surface area contributed by atoms with Crippen molar-refractivity contribution in [3.05, 3.63) is 29.8 Å². The van der Waals surface area contributed by atoms with Crippen LogP contribution in [0.25, 0.3) is 0 Å². The smallest absolute Gasteiger partial charge is 0.326 e. The van der Waals surface area contributed by atoms with Gasteiger partial charge in [-0.05, 0) is 43.9 Å². The second-order valence-electron chi connectivity index (χ2n) is 4.04. The maximum Gasteiger partial charge on any atom is 0.326 e. The Morgan fingerprint density at radius 3 is 2.59 bits per heavy atom. The van der Waals surface area contributed by atoms with Crippen LogP contribution in [0.4, 0.5) is 5.69 Å². The Hall–Kier alpha value is -1.16. The molecule has 1 atom stereocenters. The van der Waals surface area contributed by atoms with E-state index in [1.165, 1.54) is 5.56 Å². The Labute approximate surface area is 107 Å². The van der Waals surface area contributed by atoms with Crippen LogP contribution in [0.1, 0.15) is 18.4 Å². The zero-order valence-electron chi connectivity index (χ0n) is 10.3. The minimum absolute atomic E-state index is 0.496. The normalized spacial score (nSPS) is 12.1. The molecule has 0 spiro atoms. The number of hydrogen-bond acceptors (Lipinski definition) is 3. The molecule has 0 bridgehead atoms. The summed E-state index contributed by atoms with van der Waals surface area (Å²) in [5.74, 6) is 0.214. The van der Waals surface area contributed by atoms with Crippen LogP contribution in [-0.2, 0) is 4.79 Å². The molecule has 0 fully saturated rings. The van der Waals surface area contributed by atoms with Gasteiger partial charge >= 0.3 is 5.97 Å². The minimum Gasteiger partial charge on any atom is -0.480 e. The number of aliphatic carboxylic acids is 1. The number of aryl methyl sites for hydroxylation is 1. The molecule has 0 aliphatic rings. The van der Waals surface area contributed by atoms with Crippen molar-refractivity contribution in [3.63, 3.8) is 0 Å². The van der Waals surface area contributed by atoms with Crippen LogP contribution in [0.15, 0.2) is 24.3 Å². The van der Waals surface area contributed by atoms with Gasteiger partial charge in [0.15, 0.2) is 0 Å². The van der Waals surface area contributed by atoms with Gasteiger partial charge in [0.25, 0.3) is 0 Å². The molecule has 1 aromatic rings. The van der Waals surface area contributed by atoms with Crippen LogP contribution >= 0.6 is 11.8 Å². The summed E-state index contributed by atoms with van der Waals surface area (Å²) in [6.45, 7) is 2.01. The Morgan fingerprint density at radius 1 is 1.41 bits per heavy atom. The predicted octanol–water partition coefficient (Wildman–Crippen LogP) is 3.00. The number of nitrogens with one attached hydrogen (secondary N) is 1. The molecule has 1 aromatic carbocycles. The monoisotopic (exact) mass is 253 g/mol. The molecule has 0 saturated heterocycles. The molecule has 94 valence electrons. The van der Waals surface area contributed by atoms with Crippen molar-refractivity contribution in [2.75, 3.05) is 17.3 Å². The van der Waals surface area contributed by atoms with Gasteiger partial charge in [0.05, 0.1) is 0 Å². The summed E-state index contributed by atoms with van der Waals surface area (Å²) >= 11 is 1.74. The number of rotatable bonds is 7. The molecule has 0 aromatic heterocycles. The Bertz CT molecular complexity index is 351. The van der Waals surface area contributed by atoms with Crippen molar-refractivity contribution in [2.24, 2.45) is 0 Å². The second kappa shape index (κ2) is 7.22. The van der Waals surface area contributed by atoms with Gasteiger partial charge < -0.3 is 10.4 Å². The van der Waals surface area contributed by atoms with Crippen molar-refractivity contribution in [1.29, 1.82) is 0 Å². The first-order chi connectivity index (χ1) is 8.13. The molecule has 0 saturated carbocycles. The third-order valence-electron chi connectivity index (χ3n) is 2.53. The number of hydrogen-bond donors (Lipinski definition) is 2. The van der Waals surface area contributed by atoms with E-state index in [9.17, 15) is 4.79 Å². The first-order valence-corrected chi connectivity index (χ1v) is 7.08. The van der Waals surface area contributed by atoms with Crippen LogP contribution < -0.4 is 5.32 Å². The number of carboxylic acid groups (broad SMARTS) is 1. The van der Waals surface area contributed by atoms with Crippen LogP contribution in [0.5, 0.6) is 0 Å². The molecular formula is C13H19NO2S. The Morgan fingerprint density at radius 2 is 2.06 bits per heavy atom. The lowest BCUT2D eigenvalue weighted by Gasteiger charge is -2.15. The quantitative estimate of drug-likeness (QED) is 0.733. The summed E-state index contributed by atoms with van der Waals surface area (Å²) in [5.41, 5.74) is 2.04. The average Bonchev–Trinajstić information content (AvgIpc) is 2.30. The zero-order chi connectivity index (χ0) is 12.7. The average molecular weight is 253 g/mol. The standard InChI is InChI=1S/C13H19NO2S/c1-10-5-7-11(8-6-10)14-12(13(15)16)4-3-9-17-2/h5-8,12,14H,3-4,9H2,1-2H3,(H,15,16). The molecule has 0 aliphatic carbocycles. The number of thioether (sulfide) groups is 1. The lowest BCUT2D eigenvalue weighted by Crippen LogP contribution is -2.29. The largest absolute Gasteiger partial charge is 0.480 e. The summed E-state index contributed by atoms with van der Waals surface area (Å²) in [7, 11) is 0. The van der Waals surface area contributed by atoms with Crippen molar-refractivity contribution in [2.45, 2.75) is 25.8 Å². The van der Waals surface area contributed by atoms with E-state index in [1.807, 2.05) is 37.4 Å². The highest BCUT2D eigenvalue weighted by Crippen LogP contribution is 2.13. The van der Waals surface area contributed by atoms with Gasteiger partial charge in [0, 0.05) is 5.69 Å². The van der Waals surface area contributed by atoms with E-state index >= 15 is 0 Å². The van der Waals surface area contributed by atoms with Crippen molar-refractivity contribution in [1.82, 2.24) is 0 Å². The van der Waals surface area contributed by atoms with E-state index in [2.05, 4.69) is 5.32 Å². The molecule has 0 aliphatic heterocycles. The maximum atomic E-state index is 11.1. The molecular weight excluding hydrogens is 234 g/mol. The molecule has 4 heteroatoms. The van der Waals surface area contributed by atoms with Crippen molar-refractivity contribution < 1.29 is 9.90 Å². The third kappa shape index (κ3) is 5.13. The summed E-state index contributed by atoms with van der Waals surface area (Å²) in [4.78, 5) is 11.1. The lowest BCUT2D eigenvalue weighted by atomic mass is 10.1. The van der Waals surface area contributed by atoms with E-state index in [1.54, 1.807) is 11.8 Å². The van der Waals surface area contributed by atoms with Gasteiger partial charge in [-0.25, -0.2) is 4.79 Å². The number of carboxylic acids is 1. The van der Waals surface area contributed by atoms with Gasteiger partial charge in [-0.3, -0.25) is 0 Å². The number of benzene rings is 1. The fourth-order valence-electron chi connectivity index (χ4n) is 1.54. The predicted molar refractivity (Wildman–Crippen MR) is 73.8 cm³/mol. The Balaban J connectivity index is 2.54. The summed E-state index contributed by atoms with van der Waals surface area (Å²) in [5, 5.41) is 12.2. The van der Waals surface area contributed by atoms with Crippen molar-refractivity contribution >= 4 is 23.4 Å². The second-order valence-corrected chi connectivity index (χ2v) is 5.02. The number of anilines is 1. The van der Waals surface area contributed by atoms with Crippen molar-refractivity contribution in [3.8, 4) is 0 Å². The molecule has 0 radical (unpaired) electrons. The highest BCUT2D eigenvalue weighted by Gasteiger charge is 2.16. The molecule has 0 amide bonds. The summed E-state index contributed by atoms with van der Waals surface area (Å²) in [6.07, 6.45) is 3.60. The summed E-state index contributed by atoms with van der Waals surface area (Å²) < 4.78 is 0. The van der Waals surface area contributed by atoms with Gasteiger partial charge in [0.2, 0.25) is 0 Å². The zero-order valence-corrected chi connectivity index (χ0v) is 11.1. The first kappa shape index (κ1) is 13.9. The minimum atomic E-state index is -0.785. The van der Waals surface area contributed by atoms with Crippen LogP contribution in [-0.4, -0.2) is 29.1 Å². The number of carbonyl (C=O) groups is 1. The van der Waals surface area contributed by atoms with E-state index in [0.717, 1.165) is 17.9 Å². The van der Waals surface area contributed by atoms with E-state index < -0.39 is 12.0 Å². The fourth-order valence-corrected chi connectivity index (χ4v) is 2.00. The maximum absolute atomic E-state index is 11.1. The molecule has 2 N–H and O–H groups in total. The van der Waals surface area contributed by atoms with Gasteiger partial charge in [-0.15, -0.1) is 0 Å². The lowest BCUT2D eigenvalue weighted by molar-refractivity contribution is -0.138. The highest BCUT2D eigenvalue weighted by molar-refractivity contribution is 7.98. The molecule has 17 heavy (non-hydrogen) atoms. The van der Waals surface area contributed by atoms with E-state index in [0.29, 0.717) is 6.42 Å². The van der Waals surface area contributed by atoms with Crippen LogP contribution in [0.2, 0.25) is 0 Å². The van der Waals surface area contributed by atoms with Crippen LogP contribution in [0, 0.1) is 6.92 Å². The molecule has 1 rings (SSSR count). The molecule has 3 nitrogen and oxygen atoms in total. The Kier molecular flexibility index (Phi) is 5.91. The molecule has 1 unspecified atom stereocenters. The van der Waals surface area contributed by atoms with Gasteiger partial charge in [0.1, 0.15) is 6.04 Å². The summed E-state index contributed by atoms with van der Waals surface area (Å²) in [6, 6.07) is 7.29. The molecule has 0 heterocycles. The van der Waals surface area contributed by atoms with Gasteiger partial charge in [-0.1, -0.05) is 17.7 Å². The fraction of sp³-hybridized carbons (Fsp3) is 0.462. The topological polar surface area (TPSA) is 49.3 Å². The third-order valence-corrected chi connectivity index (χ3v) is 3.23. The first-order valence-electron chi connectivity index (χ1n) is 5.68.